The van der Waals surface area contributed by atoms with E-state index in [2.05, 4.69) is 30.9 Å². The van der Waals surface area contributed by atoms with Crippen LogP contribution in [0.5, 0.6) is 0 Å². The Morgan fingerprint density at radius 1 is 1.26 bits per heavy atom. The molecule has 19 heavy (non-hydrogen) atoms. The molecule has 1 aromatic rings. The lowest BCUT2D eigenvalue weighted by Crippen LogP contribution is -2.56. The quantitative estimate of drug-likeness (QED) is 0.843. The summed E-state index contributed by atoms with van der Waals surface area (Å²) in [5.41, 5.74) is 8.31. The number of nitrogen functional groups attached to an aromatic ring is 1. The Morgan fingerprint density at radius 2 is 1.95 bits per heavy atom. The molecule has 0 unspecified atom stereocenters. The summed E-state index contributed by atoms with van der Waals surface area (Å²) in [5, 5.41) is 0.702. The molecule has 0 radical (unpaired) electrons. The van der Waals surface area contributed by atoms with Crippen LogP contribution in [-0.2, 0) is 6.54 Å². The lowest BCUT2D eigenvalue weighted by Gasteiger charge is -2.49. The molecule has 1 aliphatic carbocycles. The van der Waals surface area contributed by atoms with E-state index >= 15 is 0 Å². The van der Waals surface area contributed by atoms with Crippen LogP contribution in [0.3, 0.4) is 0 Å². The van der Waals surface area contributed by atoms with Crippen LogP contribution in [0.2, 0.25) is 5.02 Å². The van der Waals surface area contributed by atoms with Gasteiger partial charge in [-0.25, -0.2) is 0 Å². The Bertz CT molecular complexity index is 441. The van der Waals surface area contributed by atoms with Gasteiger partial charge in [-0.15, -0.1) is 0 Å². The van der Waals surface area contributed by atoms with Gasteiger partial charge in [0.15, 0.2) is 0 Å². The van der Waals surface area contributed by atoms with E-state index in [9.17, 15) is 0 Å². The van der Waals surface area contributed by atoms with E-state index in [-0.39, 0.29) is 0 Å². The van der Waals surface area contributed by atoms with Crippen molar-refractivity contribution in [1.29, 1.82) is 0 Å². The fourth-order valence-electron chi connectivity index (χ4n) is 2.89. The van der Waals surface area contributed by atoms with Crippen molar-refractivity contribution in [3.8, 4) is 0 Å². The van der Waals surface area contributed by atoms with Gasteiger partial charge in [-0.1, -0.05) is 17.7 Å². The van der Waals surface area contributed by atoms with Gasteiger partial charge in [0.05, 0.1) is 0 Å². The zero-order valence-corrected chi connectivity index (χ0v) is 12.9. The van der Waals surface area contributed by atoms with Gasteiger partial charge >= 0.3 is 0 Å². The summed E-state index contributed by atoms with van der Waals surface area (Å²) >= 11 is 5.93. The summed E-state index contributed by atoms with van der Waals surface area (Å²) in [6, 6.07) is 5.76. The van der Waals surface area contributed by atoms with Gasteiger partial charge in [-0.05, 0) is 58.1 Å². The molecule has 0 atom stereocenters. The van der Waals surface area contributed by atoms with Gasteiger partial charge in [0.2, 0.25) is 0 Å². The van der Waals surface area contributed by atoms with Crippen molar-refractivity contribution in [2.45, 2.75) is 31.3 Å². The second-order valence-corrected chi connectivity index (χ2v) is 6.42. The first kappa shape index (κ1) is 14.6. The SMILES string of the molecule is CN(Cc1ccc(Cl)cc1N)CC1(N(C)C)CCC1. The third-order valence-electron chi connectivity index (χ3n) is 4.35. The molecule has 0 bridgehead atoms. The van der Waals surface area contributed by atoms with Crippen molar-refractivity contribution in [2.75, 3.05) is 33.4 Å². The Labute approximate surface area is 121 Å². The highest BCUT2D eigenvalue weighted by atomic mass is 35.5. The molecule has 0 saturated heterocycles. The lowest BCUT2D eigenvalue weighted by atomic mass is 9.75. The molecular formula is C15H24ClN3. The highest BCUT2D eigenvalue weighted by molar-refractivity contribution is 6.30. The zero-order chi connectivity index (χ0) is 14.0. The van der Waals surface area contributed by atoms with Gasteiger partial charge in [-0.3, -0.25) is 0 Å². The summed E-state index contributed by atoms with van der Waals surface area (Å²) in [7, 11) is 6.53. The normalized spacial score (nSPS) is 17.8. The van der Waals surface area contributed by atoms with Crippen LogP contribution in [0.15, 0.2) is 18.2 Å². The smallest absolute Gasteiger partial charge is 0.0426 e. The van der Waals surface area contributed by atoms with Crippen molar-refractivity contribution >= 4 is 17.3 Å². The summed E-state index contributed by atoms with van der Waals surface area (Å²) in [4.78, 5) is 4.73. The fraction of sp³-hybridized carbons (Fsp3) is 0.600. The highest BCUT2D eigenvalue weighted by Gasteiger charge is 2.39. The van der Waals surface area contributed by atoms with E-state index < -0.39 is 0 Å². The molecule has 0 spiro atoms. The molecule has 3 nitrogen and oxygen atoms in total. The molecule has 0 aromatic heterocycles. The van der Waals surface area contributed by atoms with Crippen molar-refractivity contribution < 1.29 is 0 Å². The van der Waals surface area contributed by atoms with E-state index in [0.717, 1.165) is 24.3 Å². The number of anilines is 1. The Morgan fingerprint density at radius 3 is 2.42 bits per heavy atom. The molecule has 1 saturated carbocycles. The Hall–Kier alpha value is -0.770. The highest BCUT2D eigenvalue weighted by Crippen LogP contribution is 2.37. The first-order valence-corrected chi connectivity index (χ1v) is 7.21. The summed E-state index contributed by atoms with van der Waals surface area (Å²) in [6.07, 6.45) is 3.93. The Balaban J connectivity index is 1.99. The van der Waals surface area contributed by atoms with Crippen molar-refractivity contribution in [3.63, 3.8) is 0 Å². The first-order chi connectivity index (χ1) is 8.93. The molecule has 4 heteroatoms. The van der Waals surface area contributed by atoms with E-state index in [4.69, 9.17) is 17.3 Å². The lowest BCUT2D eigenvalue weighted by molar-refractivity contribution is 0.0259. The number of halogens is 1. The fourth-order valence-corrected chi connectivity index (χ4v) is 3.07. The standard InChI is InChI=1S/C15H24ClN3/c1-18(2)15(7-4-8-15)11-19(3)10-12-5-6-13(16)9-14(12)17/h5-6,9H,4,7-8,10-11,17H2,1-3H3. The zero-order valence-electron chi connectivity index (χ0n) is 12.1. The molecule has 2 N–H and O–H groups in total. The molecule has 2 rings (SSSR count). The number of hydrogen-bond acceptors (Lipinski definition) is 3. The summed E-state index contributed by atoms with van der Waals surface area (Å²) in [6.45, 7) is 1.96. The minimum atomic E-state index is 0.357. The van der Waals surface area contributed by atoms with Crippen LogP contribution in [0.1, 0.15) is 24.8 Å². The predicted molar refractivity (Wildman–Crippen MR) is 82.5 cm³/mol. The van der Waals surface area contributed by atoms with Gasteiger partial charge in [-0.2, -0.15) is 0 Å². The van der Waals surface area contributed by atoms with Gasteiger partial charge in [0.1, 0.15) is 0 Å². The van der Waals surface area contributed by atoms with E-state index in [1.807, 2.05) is 18.2 Å². The maximum absolute atomic E-state index is 6.02. The molecule has 1 aliphatic rings. The van der Waals surface area contributed by atoms with E-state index in [1.165, 1.54) is 19.3 Å². The summed E-state index contributed by atoms with van der Waals surface area (Å²) < 4.78 is 0. The first-order valence-electron chi connectivity index (χ1n) is 6.83. The molecular weight excluding hydrogens is 258 g/mol. The molecule has 106 valence electrons. The van der Waals surface area contributed by atoms with Gasteiger partial charge < -0.3 is 15.5 Å². The summed E-state index contributed by atoms with van der Waals surface area (Å²) in [5.74, 6) is 0. The molecule has 0 amide bonds. The van der Waals surface area contributed by atoms with Crippen LogP contribution in [0, 0.1) is 0 Å². The second kappa shape index (κ2) is 5.70. The second-order valence-electron chi connectivity index (χ2n) is 5.99. The van der Waals surface area contributed by atoms with Crippen LogP contribution in [0.4, 0.5) is 5.69 Å². The largest absolute Gasteiger partial charge is 0.398 e. The van der Waals surface area contributed by atoms with Crippen LogP contribution in [0.25, 0.3) is 0 Å². The van der Waals surface area contributed by atoms with Crippen molar-refractivity contribution in [3.05, 3.63) is 28.8 Å². The number of rotatable bonds is 5. The maximum Gasteiger partial charge on any atom is 0.0426 e. The van der Waals surface area contributed by atoms with Crippen LogP contribution >= 0.6 is 11.6 Å². The number of likely N-dealkylation sites (N-methyl/N-ethyl adjacent to an activating group) is 2. The number of benzene rings is 1. The van der Waals surface area contributed by atoms with Gasteiger partial charge in [0.25, 0.3) is 0 Å². The van der Waals surface area contributed by atoms with Crippen LogP contribution < -0.4 is 5.73 Å². The average Bonchev–Trinajstić information content (AvgIpc) is 2.27. The van der Waals surface area contributed by atoms with E-state index in [0.29, 0.717) is 10.6 Å². The molecule has 0 aliphatic heterocycles. The Kier molecular flexibility index (Phi) is 4.39. The molecule has 1 aromatic carbocycles. The minimum absolute atomic E-state index is 0.357. The maximum atomic E-state index is 6.02. The van der Waals surface area contributed by atoms with Crippen LogP contribution in [-0.4, -0.2) is 43.0 Å². The van der Waals surface area contributed by atoms with E-state index in [1.54, 1.807) is 0 Å². The minimum Gasteiger partial charge on any atom is -0.398 e. The monoisotopic (exact) mass is 281 g/mol. The van der Waals surface area contributed by atoms with Crippen molar-refractivity contribution in [2.24, 2.45) is 0 Å². The topological polar surface area (TPSA) is 32.5 Å². The van der Waals surface area contributed by atoms with Crippen molar-refractivity contribution in [1.82, 2.24) is 9.80 Å². The third-order valence-corrected chi connectivity index (χ3v) is 4.58. The number of hydrogen-bond donors (Lipinski definition) is 1. The third kappa shape index (κ3) is 3.22. The predicted octanol–water partition coefficient (Wildman–Crippen LogP) is 2.84. The van der Waals surface area contributed by atoms with Gasteiger partial charge in [0, 0.05) is 29.3 Å². The number of nitrogens with two attached hydrogens (primary N) is 1. The number of nitrogens with zero attached hydrogens (tertiary/aromatic N) is 2. The molecule has 0 heterocycles. The average molecular weight is 282 g/mol. The molecule has 1 fully saturated rings.